The smallest absolute Gasteiger partial charge is 0.319 e. The third-order valence-electron chi connectivity index (χ3n) is 3.21. The van der Waals surface area contributed by atoms with Crippen molar-refractivity contribution < 1.29 is 14.7 Å². The number of carboxylic acids is 1. The van der Waals surface area contributed by atoms with Crippen molar-refractivity contribution in [3.63, 3.8) is 0 Å². The quantitative estimate of drug-likeness (QED) is 0.735. The third kappa shape index (κ3) is 4.08. The lowest BCUT2D eigenvalue weighted by atomic mass is 10.1. The van der Waals surface area contributed by atoms with Gasteiger partial charge < -0.3 is 15.7 Å². The van der Waals surface area contributed by atoms with Gasteiger partial charge in [-0.15, -0.1) is 0 Å². The van der Waals surface area contributed by atoms with E-state index in [1.165, 1.54) is 0 Å². The fraction of sp³-hybridized carbons (Fsp3) is 0.267. The van der Waals surface area contributed by atoms with Gasteiger partial charge in [0, 0.05) is 5.69 Å². The van der Waals surface area contributed by atoms with E-state index >= 15 is 0 Å². The first-order valence-electron chi connectivity index (χ1n) is 6.53. The molecule has 2 amide bonds. The molecule has 2 atom stereocenters. The Morgan fingerprint density at radius 1 is 1.29 bits per heavy atom. The van der Waals surface area contributed by atoms with Crippen LogP contribution >= 0.6 is 0 Å². The number of carbonyl (C=O) groups excluding carboxylic acids is 1. The van der Waals surface area contributed by atoms with Gasteiger partial charge in [0.2, 0.25) is 0 Å². The summed E-state index contributed by atoms with van der Waals surface area (Å²) in [5.41, 5.74) is 1.50. The van der Waals surface area contributed by atoms with Crippen LogP contribution in [0.4, 0.5) is 10.5 Å². The maximum atomic E-state index is 11.8. The van der Waals surface area contributed by atoms with E-state index in [1.807, 2.05) is 0 Å². The zero-order chi connectivity index (χ0) is 15.2. The van der Waals surface area contributed by atoms with Crippen LogP contribution < -0.4 is 10.6 Å². The number of amides is 2. The Hall–Kier alpha value is -2.81. The van der Waals surface area contributed by atoms with Crippen LogP contribution in [0.3, 0.4) is 0 Å². The summed E-state index contributed by atoms with van der Waals surface area (Å²) in [5, 5.41) is 22.8. The predicted molar refractivity (Wildman–Crippen MR) is 76.6 cm³/mol. The summed E-state index contributed by atoms with van der Waals surface area (Å²) in [6.45, 7) is 0. The summed E-state index contributed by atoms with van der Waals surface area (Å²) >= 11 is 0. The molecule has 0 aromatic heterocycles. The van der Waals surface area contributed by atoms with Crippen LogP contribution in [0.25, 0.3) is 0 Å². The van der Waals surface area contributed by atoms with Crippen LogP contribution in [0.2, 0.25) is 0 Å². The van der Waals surface area contributed by atoms with Crippen molar-refractivity contribution in [2.24, 2.45) is 5.92 Å². The van der Waals surface area contributed by atoms with Gasteiger partial charge in [0.15, 0.2) is 0 Å². The van der Waals surface area contributed by atoms with Crippen LogP contribution in [0.1, 0.15) is 12.0 Å². The molecule has 0 fully saturated rings. The minimum atomic E-state index is -0.885. The Balaban J connectivity index is 1.84. The molecule has 1 aliphatic rings. The summed E-state index contributed by atoms with van der Waals surface area (Å²) in [4.78, 5) is 22.6. The highest BCUT2D eigenvalue weighted by Gasteiger charge is 2.25. The molecule has 0 aliphatic heterocycles. The monoisotopic (exact) mass is 285 g/mol. The number of nitriles is 1. The minimum absolute atomic E-state index is 0.274. The Morgan fingerprint density at radius 2 is 2.00 bits per heavy atom. The molecule has 21 heavy (non-hydrogen) atoms. The SMILES string of the molecule is N#CCc1ccc(NC(=O)NC2C=CC(C(=O)O)C2)cc1. The van der Waals surface area contributed by atoms with E-state index in [-0.39, 0.29) is 12.1 Å². The number of urea groups is 1. The number of aliphatic carboxylic acids is 1. The van der Waals surface area contributed by atoms with Gasteiger partial charge in [0.25, 0.3) is 0 Å². The maximum Gasteiger partial charge on any atom is 0.319 e. The van der Waals surface area contributed by atoms with E-state index in [4.69, 9.17) is 10.4 Å². The lowest BCUT2D eigenvalue weighted by Crippen LogP contribution is -2.36. The van der Waals surface area contributed by atoms with E-state index in [0.717, 1.165) is 5.56 Å². The zero-order valence-electron chi connectivity index (χ0n) is 11.2. The second kappa shape index (κ2) is 6.57. The number of nitrogens with one attached hydrogen (secondary N) is 2. The second-order valence-corrected chi connectivity index (χ2v) is 4.80. The molecule has 0 saturated carbocycles. The summed E-state index contributed by atoms with van der Waals surface area (Å²) < 4.78 is 0. The average Bonchev–Trinajstić information content (AvgIpc) is 2.90. The second-order valence-electron chi connectivity index (χ2n) is 4.80. The molecule has 1 aromatic carbocycles. The minimum Gasteiger partial charge on any atom is -0.481 e. The van der Waals surface area contributed by atoms with Gasteiger partial charge in [0.1, 0.15) is 0 Å². The summed E-state index contributed by atoms with van der Waals surface area (Å²) in [7, 11) is 0. The van der Waals surface area contributed by atoms with Gasteiger partial charge in [-0.05, 0) is 24.1 Å². The highest BCUT2D eigenvalue weighted by Crippen LogP contribution is 2.18. The van der Waals surface area contributed by atoms with Crippen molar-refractivity contribution in [1.29, 1.82) is 5.26 Å². The van der Waals surface area contributed by atoms with Crippen molar-refractivity contribution in [2.75, 3.05) is 5.32 Å². The lowest BCUT2D eigenvalue weighted by molar-refractivity contribution is -0.140. The van der Waals surface area contributed by atoms with Crippen LogP contribution in [0.15, 0.2) is 36.4 Å². The van der Waals surface area contributed by atoms with Crippen LogP contribution in [0, 0.1) is 17.2 Å². The Morgan fingerprint density at radius 3 is 2.57 bits per heavy atom. The normalized spacial score (nSPS) is 19.8. The van der Waals surface area contributed by atoms with Gasteiger partial charge >= 0.3 is 12.0 Å². The molecule has 2 rings (SSSR count). The number of rotatable bonds is 4. The van der Waals surface area contributed by atoms with Crippen molar-refractivity contribution in [3.8, 4) is 6.07 Å². The third-order valence-corrected chi connectivity index (χ3v) is 3.21. The molecule has 0 heterocycles. The number of carbonyl (C=O) groups is 2. The first-order chi connectivity index (χ1) is 10.1. The Labute approximate surface area is 122 Å². The number of anilines is 1. The molecule has 1 aromatic rings. The topological polar surface area (TPSA) is 102 Å². The van der Waals surface area contributed by atoms with Gasteiger partial charge in [-0.1, -0.05) is 24.3 Å². The molecular formula is C15H15N3O3. The van der Waals surface area contributed by atoms with E-state index in [2.05, 4.69) is 16.7 Å². The summed E-state index contributed by atoms with van der Waals surface area (Å²) in [6.07, 6.45) is 3.97. The van der Waals surface area contributed by atoms with Crippen LogP contribution in [-0.4, -0.2) is 23.1 Å². The van der Waals surface area contributed by atoms with Gasteiger partial charge in [0.05, 0.1) is 24.4 Å². The van der Waals surface area contributed by atoms with Gasteiger partial charge in [-0.2, -0.15) is 5.26 Å². The molecule has 0 spiro atoms. The van der Waals surface area contributed by atoms with E-state index in [1.54, 1.807) is 36.4 Å². The van der Waals surface area contributed by atoms with Crippen LogP contribution in [-0.2, 0) is 11.2 Å². The first-order valence-corrected chi connectivity index (χ1v) is 6.53. The Kier molecular flexibility index (Phi) is 4.57. The number of hydrogen-bond acceptors (Lipinski definition) is 3. The molecule has 1 aliphatic carbocycles. The molecule has 0 saturated heterocycles. The van der Waals surface area contributed by atoms with Crippen molar-refractivity contribution >= 4 is 17.7 Å². The number of carboxylic acid groups (broad SMARTS) is 1. The summed E-state index contributed by atoms with van der Waals surface area (Å²) in [6, 6.07) is 8.37. The van der Waals surface area contributed by atoms with Crippen molar-refractivity contribution in [3.05, 3.63) is 42.0 Å². The number of benzene rings is 1. The first kappa shape index (κ1) is 14.6. The fourth-order valence-corrected chi connectivity index (χ4v) is 2.12. The molecule has 0 bridgehead atoms. The van der Waals surface area contributed by atoms with Crippen LogP contribution in [0.5, 0.6) is 0 Å². The molecule has 6 heteroatoms. The van der Waals surface area contributed by atoms with E-state index in [0.29, 0.717) is 18.5 Å². The highest BCUT2D eigenvalue weighted by atomic mass is 16.4. The fourth-order valence-electron chi connectivity index (χ4n) is 2.12. The zero-order valence-corrected chi connectivity index (χ0v) is 11.2. The van der Waals surface area contributed by atoms with Gasteiger partial charge in [-0.25, -0.2) is 4.79 Å². The summed E-state index contributed by atoms with van der Waals surface area (Å²) in [5.74, 6) is -1.43. The predicted octanol–water partition coefficient (Wildman–Crippen LogP) is 1.90. The largest absolute Gasteiger partial charge is 0.481 e. The van der Waals surface area contributed by atoms with Crippen molar-refractivity contribution in [1.82, 2.24) is 5.32 Å². The molecule has 3 N–H and O–H groups in total. The maximum absolute atomic E-state index is 11.8. The number of hydrogen-bond donors (Lipinski definition) is 3. The van der Waals surface area contributed by atoms with Gasteiger partial charge in [-0.3, -0.25) is 4.79 Å². The molecule has 2 unspecified atom stereocenters. The molecular weight excluding hydrogens is 270 g/mol. The van der Waals surface area contributed by atoms with E-state index < -0.39 is 11.9 Å². The number of nitrogens with zero attached hydrogens (tertiary/aromatic N) is 1. The molecule has 6 nitrogen and oxygen atoms in total. The molecule has 108 valence electrons. The standard InChI is InChI=1S/C15H15N3O3/c16-8-7-10-1-4-12(5-2-10)17-15(21)18-13-6-3-11(9-13)14(19)20/h1-6,11,13H,7,9H2,(H,19,20)(H2,17,18,21). The lowest BCUT2D eigenvalue weighted by Gasteiger charge is -2.13. The van der Waals surface area contributed by atoms with Crippen molar-refractivity contribution in [2.45, 2.75) is 18.9 Å². The molecule has 0 radical (unpaired) electrons. The average molecular weight is 285 g/mol. The highest BCUT2D eigenvalue weighted by molar-refractivity contribution is 5.89. The Bertz CT molecular complexity index is 602. The van der Waals surface area contributed by atoms with E-state index in [9.17, 15) is 9.59 Å².